The van der Waals surface area contributed by atoms with Gasteiger partial charge in [0.05, 0.1) is 5.69 Å². The number of hydrazone groups is 1. The molecule has 0 spiro atoms. The molecule has 0 aliphatic heterocycles. The van der Waals surface area contributed by atoms with Crippen LogP contribution in [-0.2, 0) is 0 Å². The largest absolute Gasteiger partial charge is 0.279 e. The van der Waals surface area contributed by atoms with Crippen LogP contribution in [0, 0.1) is 5.92 Å². The van der Waals surface area contributed by atoms with Crippen molar-refractivity contribution in [2.75, 3.05) is 5.43 Å². The van der Waals surface area contributed by atoms with Crippen molar-refractivity contribution >= 4 is 11.9 Å². The van der Waals surface area contributed by atoms with Gasteiger partial charge in [-0.05, 0) is 12.1 Å². The number of nitrogens with zero attached hydrogens (tertiary/aromatic N) is 1. The number of hydrogen-bond acceptors (Lipinski definition) is 2. The molecule has 0 aromatic heterocycles. The minimum Gasteiger partial charge on any atom is -0.279 e. The molecular weight excluding hydrogens is 148 g/mol. The quantitative estimate of drug-likeness (QED) is 0.535. The predicted molar refractivity (Wildman–Crippen MR) is 53.1 cm³/mol. The van der Waals surface area contributed by atoms with Crippen LogP contribution in [0.1, 0.15) is 13.8 Å². The number of hydrogen-bond donors (Lipinski definition) is 1. The Morgan fingerprint density at radius 2 is 1.92 bits per heavy atom. The molecule has 0 unspecified atom stereocenters. The molecule has 0 aliphatic carbocycles. The zero-order valence-electron chi connectivity index (χ0n) is 7.41. The molecule has 0 amide bonds. The number of para-hydroxylation sites is 1. The summed E-state index contributed by atoms with van der Waals surface area (Å²) in [5.74, 6) is 1.18. The maximum absolute atomic E-state index is 4.03. The SMILES string of the molecule is C[C](C)/C=N/Nc1ccccc1. The molecule has 0 atom stereocenters. The summed E-state index contributed by atoms with van der Waals surface area (Å²) in [5, 5.41) is 4.03. The maximum Gasteiger partial charge on any atom is 0.0561 e. The van der Waals surface area contributed by atoms with E-state index >= 15 is 0 Å². The topological polar surface area (TPSA) is 24.4 Å². The van der Waals surface area contributed by atoms with Crippen LogP contribution in [0.4, 0.5) is 5.69 Å². The van der Waals surface area contributed by atoms with Crippen molar-refractivity contribution in [3.63, 3.8) is 0 Å². The molecular formula is C10H13N2. The van der Waals surface area contributed by atoms with E-state index in [2.05, 4.69) is 10.5 Å². The van der Waals surface area contributed by atoms with Gasteiger partial charge in [0.2, 0.25) is 0 Å². The van der Waals surface area contributed by atoms with Gasteiger partial charge in [0.25, 0.3) is 0 Å². The van der Waals surface area contributed by atoms with Crippen LogP contribution in [0.3, 0.4) is 0 Å². The molecule has 0 aliphatic rings. The molecule has 63 valence electrons. The van der Waals surface area contributed by atoms with Gasteiger partial charge in [-0.15, -0.1) is 0 Å². The van der Waals surface area contributed by atoms with E-state index in [9.17, 15) is 0 Å². The summed E-state index contributed by atoms with van der Waals surface area (Å²) in [6.07, 6.45) is 1.80. The van der Waals surface area contributed by atoms with Crippen LogP contribution in [0.15, 0.2) is 35.4 Å². The molecule has 1 radical (unpaired) electrons. The van der Waals surface area contributed by atoms with E-state index < -0.39 is 0 Å². The maximum atomic E-state index is 4.03. The van der Waals surface area contributed by atoms with Gasteiger partial charge < -0.3 is 0 Å². The second-order valence-corrected chi connectivity index (χ2v) is 2.81. The zero-order valence-corrected chi connectivity index (χ0v) is 7.41. The molecule has 1 aromatic rings. The van der Waals surface area contributed by atoms with Crippen molar-refractivity contribution in [1.29, 1.82) is 0 Å². The van der Waals surface area contributed by atoms with Crippen LogP contribution < -0.4 is 5.43 Å². The Kier molecular flexibility index (Phi) is 3.33. The molecule has 0 bridgehead atoms. The fraction of sp³-hybridized carbons (Fsp3) is 0.200. The van der Waals surface area contributed by atoms with E-state index in [4.69, 9.17) is 0 Å². The Morgan fingerprint density at radius 1 is 1.25 bits per heavy atom. The van der Waals surface area contributed by atoms with Crippen molar-refractivity contribution in [3.05, 3.63) is 36.2 Å². The van der Waals surface area contributed by atoms with E-state index in [1.807, 2.05) is 44.2 Å². The van der Waals surface area contributed by atoms with Crippen molar-refractivity contribution in [1.82, 2.24) is 0 Å². The van der Waals surface area contributed by atoms with E-state index in [-0.39, 0.29) is 0 Å². The first-order valence-electron chi connectivity index (χ1n) is 3.93. The number of rotatable bonds is 3. The van der Waals surface area contributed by atoms with Gasteiger partial charge in [0.1, 0.15) is 0 Å². The van der Waals surface area contributed by atoms with Crippen molar-refractivity contribution in [2.24, 2.45) is 5.10 Å². The normalized spacial score (nSPS) is 10.9. The highest BCUT2D eigenvalue weighted by Gasteiger charge is 1.86. The van der Waals surface area contributed by atoms with Gasteiger partial charge in [-0.3, -0.25) is 5.43 Å². The smallest absolute Gasteiger partial charge is 0.0561 e. The molecule has 0 fully saturated rings. The standard InChI is InChI=1S/C10H13N2/c1-9(2)8-11-12-10-6-4-3-5-7-10/h3-8,12H,1-2H3/b11-8+. The van der Waals surface area contributed by atoms with Crippen molar-refractivity contribution in [2.45, 2.75) is 13.8 Å². The summed E-state index contributed by atoms with van der Waals surface area (Å²) >= 11 is 0. The van der Waals surface area contributed by atoms with Crippen molar-refractivity contribution in [3.8, 4) is 0 Å². The van der Waals surface area contributed by atoms with Crippen LogP contribution in [0.5, 0.6) is 0 Å². The first-order chi connectivity index (χ1) is 5.79. The molecule has 0 heterocycles. The van der Waals surface area contributed by atoms with Crippen LogP contribution >= 0.6 is 0 Å². The molecule has 0 saturated carbocycles. The summed E-state index contributed by atoms with van der Waals surface area (Å²) in [6.45, 7) is 4.02. The second kappa shape index (κ2) is 4.54. The summed E-state index contributed by atoms with van der Waals surface area (Å²) in [4.78, 5) is 0. The van der Waals surface area contributed by atoms with Gasteiger partial charge in [-0.25, -0.2) is 0 Å². The second-order valence-electron chi connectivity index (χ2n) is 2.81. The number of benzene rings is 1. The molecule has 2 heteroatoms. The fourth-order valence-electron chi connectivity index (χ4n) is 0.749. The summed E-state index contributed by atoms with van der Waals surface area (Å²) in [5.41, 5.74) is 3.93. The molecule has 1 N–H and O–H groups in total. The summed E-state index contributed by atoms with van der Waals surface area (Å²) in [7, 11) is 0. The van der Waals surface area contributed by atoms with E-state index in [1.165, 1.54) is 5.92 Å². The van der Waals surface area contributed by atoms with Gasteiger partial charge in [-0.2, -0.15) is 5.10 Å². The molecule has 1 aromatic carbocycles. The third-order valence-electron chi connectivity index (χ3n) is 1.29. The van der Waals surface area contributed by atoms with E-state index in [0.717, 1.165) is 5.69 Å². The van der Waals surface area contributed by atoms with Gasteiger partial charge in [-0.1, -0.05) is 32.0 Å². The lowest BCUT2D eigenvalue weighted by Gasteiger charge is -1.98. The van der Waals surface area contributed by atoms with Crippen molar-refractivity contribution < 1.29 is 0 Å². The molecule has 12 heavy (non-hydrogen) atoms. The third kappa shape index (κ3) is 3.19. The van der Waals surface area contributed by atoms with Crippen LogP contribution in [0.2, 0.25) is 0 Å². The highest BCUT2D eigenvalue weighted by Crippen LogP contribution is 2.04. The number of anilines is 1. The van der Waals surface area contributed by atoms with E-state index in [1.54, 1.807) is 6.21 Å². The Morgan fingerprint density at radius 3 is 2.50 bits per heavy atom. The summed E-state index contributed by atoms with van der Waals surface area (Å²) in [6, 6.07) is 9.87. The van der Waals surface area contributed by atoms with Crippen LogP contribution in [0.25, 0.3) is 0 Å². The zero-order chi connectivity index (χ0) is 8.81. The summed E-state index contributed by atoms with van der Waals surface area (Å²) < 4.78 is 0. The Bertz CT molecular complexity index is 239. The monoisotopic (exact) mass is 161 g/mol. The lowest BCUT2D eigenvalue weighted by Crippen LogP contribution is -1.91. The van der Waals surface area contributed by atoms with Gasteiger partial charge >= 0.3 is 0 Å². The van der Waals surface area contributed by atoms with Gasteiger partial charge in [0, 0.05) is 12.1 Å². The Labute approximate surface area is 73.3 Å². The lowest BCUT2D eigenvalue weighted by molar-refractivity contribution is 1.25. The van der Waals surface area contributed by atoms with Gasteiger partial charge in [0.15, 0.2) is 0 Å². The molecule has 2 nitrogen and oxygen atoms in total. The predicted octanol–water partition coefficient (Wildman–Crippen LogP) is 2.70. The lowest BCUT2D eigenvalue weighted by atomic mass is 10.3. The highest BCUT2D eigenvalue weighted by atomic mass is 15.3. The van der Waals surface area contributed by atoms with E-state index in [0.29, 0.717) is 0 Å². The average Bonchev–Trinajstić information content (AvgIpc) is 2.05. The molecule has 0 saturated heterocycles. The first-order valence-corrected chi connectivity index (χ1v) is 3.93. The average molecular weight is 161 g/mol. The Balaban J connectivity index is 2.43. The minimum atomic E-state index is 1.01. The van der Waals surface area contributed by atoms with Crippen LogP contribution in [-0.4, -0.2) is 6.21 Å². The third-order valence-corrected chi connectivity index (χ3v) is 1.29. The Hall–Kier alpha value is -1.31. The highest BCUT2D eigenvalue weighted by molar-refractivity contribution is 5.73. The minimum absolute atomic E-state index is 1.01. The molecule has 1 rings (SSSR count). The first kappa shape index (κ1) is 8.78. The fourth-order valence-corrected chi connectivity index (χ4v) is 0.749. The number of nitrogens with one attached hydrogen (secondary N) is 1.